The average molecular weight is 364 g/mol. The Labute approximate surface area is 154 Å². The third-order valence-corrected chi connectivity index (χ3v) is 4.32. The van der Waals surface area contributed by atoms with Gasteiger partial charge in [0.2, 0.25) is 17.7 Å². The average Bonchev–Trinajstić information content (AvgIpc) is 3.08. The Kier molecular flexibility index (Phi) is 8.46. The largest absolute Gasteiger partial charge is 0.421 e. The molecule has 1 amide bonds. The van der Waals surface area contributed by atoms with Crippen molar-refractivity contribution in [3.8, 4) is 11.5 Å². The van der Waals surface area contributed by atoms with Gasteiger partial charge in [0.1, 0.15) is 0 Å². The lowest BCUT2D eigenvalue weighted by Crippen LogP contribution is -2.24. The predicted octanol–water partition coefficient (Wildman–Crippen LogP) is 4.80. The van der Waals surface area contributed by atoms with E-state index in [4.69, 9.17) is 16.0 Å². The Morgan fingerprint density at radius 1 is 1.12 bits per heavy atom. The van der Waals surface area contributed by atoms with Crippen molar-refractivity contribution in [1.29, 1.82) is 0 Å². The molecule has 0 saturated carbocycles. The molecule has 0 spiro atoms. The molecule has 2 rings (SSSR count). The lowest BCUT2D eigenvalue weighted by Gasteiger charge is -2.04. The summed E-state index contributed by atoms with van der Waals surface area (Å²) in [6.45, 7) is 2.95. The fourth-order valence-corrected chi connectivity index (χ4v) is 2.76. The van der Waals surface area contributed by atoms with Crippen LogP contribution >= 0.6 is 11.6 Å². The van der Waals surface area contributed by atoms with E-state index in [9.17, 15) is 4.79 Å². The van der Waals surface area contributed by atoms with Crippen LogP contribution in [-0.4, -0.2) is 22.6 Å². The van der Waals surface area contributed by atoms with Gasteiger partial charge in [-0.2, -0.15) is 0 Å². The van der Waals surface area contributed by atoms with Crippen molar-refractivity contribution in [3.05, 3.63) is 35.2 Å². The first kappa shape index (κ1) is 19.4. The molecular formula is C19H26ClN3O2. The predicted molar refractivity (Wildman–Crippen MR) is 99.5 cm³/mol. The second-order valence-electron chi connectivity index (χ2n) is 6.10. The van der Waals surface area contributed by atoms with Crippen LogP contribution in [0.5, 0.6) is 0 Å². The van der Waals surface area contributed by atoms with Gasteiger partial charge in [0.25, 0.3) is 0 Å². The molecule has 0 aliphatic carbocycles. The zero-order valence-corrected chi connectivity index (χ0v) is 15.5. The Hall–Kier alpha value is -1.88. The number of halogens is 1. The molecule has 0 aliphatic heterocycles. The number of rotatable bonds is 11. The normalized spacial score (nSPS) is 10.8. The Bertz CT molecular complexity index is 658. The van der Waals surface area contributed by atoms with E-state index in [2.05, 4.69) is 22.4 Å². The van der Waals surface area contributed by atoms with Crippen molar-refractivity contribution in [2.75, 3.05) is 6.54 Å². The molecule has 0 bridgehead atoms. The van der Waals surface area contributed by atoms with Crippen molar-refractivity contribution in [2.24, 2.45) is 0 Å². The van der Waals surface area contributed by atoms with Crippen LogP contribution in [0.2, 0.25) is 5.02 Å². The topological polar surface area (TPSA) is 68.0 Å². The van der Waals surface area contributed by atoms with Crippen LogP contribution in [0, 0.1) is 0 Å². The smallest absolute Gasteiger partial charge is 0.249 e. The third-order valence-electron chi connectivity index (χ3n) is 3.99. The van der Waals surface area contributed by atoms with Crippen LogP contribution in [-0.2, 0) is 11.2 Å². The minimum absolute atomic E-state index is 0.0195. The minimum atomic E-state index is 0.0195. The van der Waals surface area contributed by atoms with E-state index >= 15 is 0 Å². The third kappa shape index (κ3) is 6.86. The first-order chi connectivity index (χ1) is 12.2. The van der Waals surface area contributed by atoms with Gasteiger partial charge in [-0.1, -0.05) is 62.8 Å². The van der Waals surface area contributed by atoms with E-state index in [-0.39, 0.29) is 5.91 Å². The molecule has 0 saturated heterocycles. The molecule has 0 atom stereocenters. The van der Waals surface area contributed by atoms with Crippen LogP contribution in [0.15, 0.2) is 28.7 Å². The molecule has 1 N–H and O–H groups in total. The first-order valence-electron chi connectivity index (χ1n) is 9.04. The van der Waals surface area contributed by atoms with E-state index in [1.54, 1.807) is 6.07 Å². The van der Waals surface area contributed by atoms with Crippen LogP contribution in [0.3, 0.4) is 0 Å². The van der Waals surface area contributed by atoms with E-state index in [0.29, 0.717) is 35.2 Å². The number of amides is 1. The minimum Gasteiger partial charge on any atom is -0.421 e. The maximum absolute atomic E-state index is 11.9. The number of hydrogen-bond acceptors (Lipinski definition) is 4. The summed E-state index contributed by atoms with van der Waals surface area (Å²) >= 11 is 6.11. The van der Waals surface area contributed by atoms with Crippen molar-refractivity contribution < 1.29 is 9.21 Å². The molecule has 0 fully saturated rings. The maximum Gasteiger partial charge on any atom is 0.249 e. The summed E-state index contributed by atoms with van der Waals surface area (Å²) < 4.78 is 5.59. The van der Waals surface area contributed by atoms with Gasteiger partial charge in [0, 0.05) is 19.4 Å². The zero-order chi connectivity index (χ0) is 17.9. The second kappa shape index (κ2) is 10.9. The van der Waals surface area contributed by atoms with Crippen molar-refractivity contribution in [2.45, 2.75) is 58.3 Å². The fourth-order valence-electron chi connectivity index (χ4n) is 2.54. The van der Waals surface area contributed by atoms with Gasteiger partial charge >= 0.3 is 0 Å². The van der Waals surface area contributed by atoms with Crippen molar-refractivity contribution in [3.63, 3.8) is 0 Å². The van der Waals surface area contributed by atoms with E-state index < -0.39 is 0 Å². The summed E-state index contributed by atoms with van der Waals surface area (Å²) in [7, 11) is 0. The molecule has 5 nitrogen and oxygen atoms in total. The SMILES string of the molecule is CCCCCCCCNC(=O)CCc1nnc(-c2ccccc2Cl)o1. The number of benzene rings is 1. The first-order valence-corrected chi connectivity index (χ1v) is 9.42. The van der Waals surface area contributed by atoms with Gasteiger partial charge in [0.15, 0.2) is 0 Å². The molecule has 0 unspecified atom stereocenters. The Morgan fingerprint density at radius 2 is 1.88 bits per heavy atom. The summed E-state index contributed by atoms with van der Waals surface area (Å²) in [6.07, 6.45) is 8.07. The van der Waals surface area contributed by atoms with E-state index in [1.165, 1.54) is 32.1 Å². The molecule has 0 aliphatic rings. The van der Waals surface area contributed by atoms with E-state index in [1.807, 2.05) is 18.2 Å². The summed E-state index contributed by atoms with van der Waals surface area (Å²) in [6, 6.07) is 7.31. The van der Waals surface area contributed by atoms with Crippen LogP contribution in [0.4, 0.5) is 0 Å². The zero-order valence-electron chi connectivity index (χ0n) is 14.8. The monoisotopic (exact) mass is 363 g/mol. The van der Waals surface area contributed by atoms with Gasteiger partial charge in [-0.3, -0.25) is 4.79 Å². The highest BCUT2D eigenvalue weighted by Gasteiger charge is 2.12. The Morgan fingerprint density at radius 3 is 2.68 bits per heavy atom. The van der Waals surface area contributed by atoms with Gasteiger partial charge in [0.05, 0.1) is 10.6 Å². The molecule has 1 heterocycles. The fraction of sp³-hybridized carbons (Fsp3) is 0.526. The lowest BCUT2D eigenvalue weighted by molar-refractivity contribution is -0.121. The molecule has 136 valence electrons. The standard InChI is InChI=1S/C19H26ClN3O2/c1-2-3-4-5-6-9-14-21-17(24)12-13-18-22-23-19(25-18)15-10-7-8-11-16(15)20/h7-8,10-11H,2-6,9,12-14H2,1H3,(H,21,24). The Balaban J connectivity index is 1.66. The molecule has 6 heteroatoms. The number of aromatic nitrogens is 2. The number of hydrogen-bond donors (Lipinski definition) is 1. The summed E-state index contributed by atoms with van der Waals surface area (Å²) in [4.78, 5) is 11.9. The highest BCUT2D eigenvalue weighted by molar-refractivity contribution is 6.33. The number of unbranched alkanes of at least 4 members (excludes halogenated alkanes) is 5. The molecule has 1 aromatic heterocycles. The number of nitrogens with one attached hydrogen (secondary N) is 1. The summed E-state index contributed by atoms with van der Waals surface area (Å²) in [5.41, 5.74) is 0.704. The highest BCUT2D eigenvalue weighted by Crippen LogP contribution is 2.26. The second-order valence-corrected chi connectivity index (χ2v) is 6.51. The number of carbonyl (C=O) groups is 1. The van der Waals surface area contributed by atoms with Gasteiger partial charge in [-0.15, -0.1) is 10.2 Å². The van der Waals surface area contributed by atoms with Crippen LogP contribution < -0.4 is 5.32 Å². The number of carbonyl (C=O) groups excluding carboxylic acids is 1. The van der Waals surface area contributed by atoms with Crippen molar-refractivity contribution in [1.82, 2.24) is 15.5 Å². The van der Waals surface area contributed by atoms with E-state index in [0.717, 1.165) is 13.0 Å². The van der Waals surface area contributed by atoms with Gasteiger partial charge < -0.3 is 9.73 Å². The quantitative estimate of drug-likeness (QED) is 0.582. The molecule has 25 heavy (non-hydrogen) atoms. The molecule has 2 aromatic rings. The summed E-state index contributed by atoms with van der Waals surface area (Å²) in [5.74, 6) is 0.851. The number of aryl methyl sites for hydroxylation is 1. The lowest BCUT2D eigenvalue weighted by atomic mass is 10.1. The van der Waals surface area contributed by atoms with Crippen LogP contribution in [0.25, 0.3) is 11.5 Å². The van der Waals surface area contributed by atoms with Gasteiger partial charge in [-0.25, -0.2) is 0 Å². The van der Waals surface area contributed by atoms with Gasteiger partial charge in [-0.05, 0) is 18.6 Å². The number of nitrogens with zero attached hydrogens (tertiary/aromatic N) is 2. The summed E-state index contributed by atoms with van der Waals surface area (Å²) in [5, 5.41) is 11.5. The highest BCUT2D eigenvalue weighted by atomic mass is 35.5. The maximum atomic E-state index is 11.9. The molecular weight excluding hydrogens is 338 g/mol. The molecule has 0 radical (unpaired) electrons. The van der Waals surface area contributed by atoms with Crippen molar-refractivity contribution >= 4 is 17.5 Å². The van der Waals surface area contributed by atoms with Crippen LogP contribution in [0.1, 0.15) is 57.8 Å². The molecule has 1 aromatic carbocycles.